The third kappa shape index (κ3) is 2.26. The minimum absolute atomic E-state index is 0.140. The summed E-state index contributed by atoms with van der Waals surface area (Å²) in [6.07, 6.45) is 0. The Morgan fingerprint density at radius 1 is 1.31 bits per heavy atom. The van der Waals surface area contributed by atoms with Crippen LogP contribution in [0.2, 0.25) is 0 Å². The van der Waals surface area contributed by atoms with Gasteiger partial charge in [0.25, 0.3) is 5.56 Å². The van der Waals surface area contributed by atoms with Crippen molar-refractivity contribution in [1.82, 2.24) is 9.97 Å². The lowest BCUT2D eigenvalue weighted by atomic mass is 10.2. The molecule has 0 amide bonds. The summed E-state index contributed by atoms with van der Waals surface area (Å²) >= 11 is 0. The molecule has 7 heteroatoms. The first-order valence-electron chi connectivity index (χ1n) is 4.37. The number of rotatable bonds is 2. The average molecular weight is 239 g/mol. The molecule has 16 heavy (non-hydrogen) atoms. The molecule has 0 unspecified atom stereocenters. The third-order valence-electron chi connectivity index (χ3n) is 1.98. The summed E-state index contributed by atoms with van der Waals surface area (Å²) in [5.41, 5.74) is -0.0887. The SMILES string of the molecule is O=c1[nH]c(CS(=O)(=O)[O-])nc2ccccc12. The van der Waals surface area contributed by atoms with E-state index in [4.69, 9.17) is 0 Å². The van der Waals surface area contributed by atoms with Gasteiger partial charge in [0.15, 0.2) is 0 Å². The molecular weight excluding hydrogens is 232 g/mol. The van der Waals surface area contributed by atoms with Gasteiger partial charge < -0.3 is 9.54 Å². The summed E-state index contributed by atoms with van der Waals surface area (Å²) in [7, 11) is -4.45. The fourth-order valence-corrected chi connectivity index (χ4v) is 1.84. The zero-order valence-electron chi connectivity index (χ0n) is 8.00. The molecule has 84 valence electrons. The van der Waals surface area contributed by atoms with Gasteiger partial charge in [0.1, 0.15) is 15.9 Å². The second kappa shape index (κ2) is 3.69. The quantitative estimate of drug-likeness (QED) is 0.741. The lowest BCUT2D eigenvalue weighted by molar-refractivity contribution is 0.461. The number of para-hydroxylation sites is 1. The summed E-state index contributed by atoms with van der Waals surface area (Å²) in [6, 6.07) is 6.48. The highest BCUT2D eigenvalue weighted by molar-refractivity contribution is 7.84. The van der Waals surface area contributed by atoms with E-state index in [0.717, 1.165) is 0 Å². The van der Waals surface area contributed by atoms with E-state index >= 15 is 0 Å². The first kappa shape index (κ1) is 10.8. The monoisotopic (exact) mass is 239 g/mol. The molecule has 1 aromatic carbocycles. The second-order valence-electron chi connectivity index (χ2n) is 3.23. The molecule has 1 N–H and O–H groups in total. The van der Waals surface area contributed by atoms with Gasteiger partial charge in [-0.25, -0.2) is 13.4 Å². The topological polar surface area (TPSA) is 103 Å². The first-order valence-corrected chi connectivity index (χ1v) is 5.95. The van der Waals surface area contributed by atoms with Crippen LogP contribution in [-0.2, 0) is 15.9 Å². The van der Waals surface area contributed by atoms with Gasteiger partial charge in [-0.1, -0.05) is 12.1 Å². The lowest BCUT2D eigenvalue weighted by Gasteiger charge is -2.06. The number of aromatic amines is 1. The normalized spacial score (nSPS) is 11.8. The number of aromatic nitrogens is 2. The van der Waals surface area contributed by atoms with Crippen LogP contribution in [0.5, 0.6) is 0 Å². The van der Waals surface area contributed by atoms with Crippen molar-refractivity contribution in [2.45, 2.75) is 5.75 Å². The predicted molar refractivity (Wildman–Crippen MR) is 55.8 cm³/mol. The number of H-pyrrole nitrogens is 1. The van der Waals surface area contributed by atoms with Crippen LogP contribution in [0.1, 0.15) is 5.82 Å². The van der Waals surface area contributed by atoms with Gasteiger partial charge >= 0.3 is 0 Å². The van der Waals surface area contributed by atoms with Gasteiger partial charge in [-0.3, -0.25) is 4.79 Å². The number of nitrogens with one attached hydrogen (secondary N) is 1. The van der Waals surface area contributed by atoms with Crippen molar-refractivity contribution in [3.8, 4) is 0 Å². The van der Waals surface area contributed by atoms with Crippen LogP contribution in [0.4, 0.5) is 0 Å². The Hall–Kier alpha value is -1.73. The van der Waals surface area contributed by atoms with E-state index in [1.54, 1.807) is 24.3 Å². The van der Waals surface area contributed by atoms with Gasteiger partial charge in [0.2, 0.25) is 0 Å². The lowest BCUT2D eigenvalue weighted by Crippen LogP contribution is -2.14. The molecule has 0 spiro atoms. The molecule has 0 atom stereocenters. The van der Waals surface area contributed by atoms with Crippen molar-refractivity contribution in [2.24, 2.45) is 0 Å². The minimum Gasteiger partial charge on any atom is -0.748 e. The van der Waals surface area contributed by atoms with Crippen LogP contribution in [0.25, 0.3) is 10.9 Å². The predicted octanol–water partition coefficient (Wildman–Crippen LogP) is -0.0317. The second-order valence-corrected chi connectivity index (χ2v) is 4.64. The number of hydrogen-bond acceptors (Lipinski definition) is 5. The molecule has 0 saturated heterocycles. The Morgan fingerprint density at radius 2 is 2.00 bits per heavy atom. The summed E-state index contributed by atoms with van der Waals surface area (Å²) in [5.74, 6) is -0.953. The molecule has 2 aromatic rings. The summed E-state index contributed by atoms with van der Waals surface area (Å²) in [6.45, 7) is 0. The Morgan fingerprint density at radius 3 is 2.69 bits per heavy atom. The van der Waals surface area contributed by atoms with Crippen LogP contribution in [-0.4, -0.2) is 22.9 Å². The first-order chi connectivity index (χ1) is 7.46. The summed E-state index contributed by atoms with van der Waals surface area (Å²) in [4.78, 5) is 17.6. The van der Waals surface area contributed by atoms with Crippen LogP contribution in [0.15, 0.2) is 29.1 Å². The zero-order valence-corrected chi connectivity index (χ0v) is 8.82. The summed E-state index contributed by atoms with van der Waals surface area (Å²) in [5, 5.41) is 0.356. The van der Waals surface area contributed by atoms with Crippen molar-refractivity contribution in [1.29, 1.82) is 0 Å². The van der Waals surface area contributed by atoms with Crippen molar-refractivity contribution in [3.05, 3.63) is 40.4 Å². The maximum atomic E-state index is 11.5. The van der Waals surface area contributed by atoms with E-state index < -0.39 is 21.4 Å². The highest BCUT2D eigenvalue weighted by Crippen LogP contribution is 2.06. The Kier molecular flexibility index (Phi) is 2.49. The fraction of sp³-hybridized carbons (Fsp3) is 0.111. The average Bonchev–Trinajstić information content (AvgIpc) is 2.15. The molecule has 6 nitrogen and oxygen atoms in total. The molecule has 0 aliphatic heterocycles. The van der Waals surface area contributed by atoms with E-state index in [9.17, 15) is 17.8 Å². The van der Waals surface area contributed by atoms with Gasteiger partial charge in [-0.15, -0.1) is 0 Å². The number of fused-ring (bicyclic) bond motifs is 1. The fourth-order valence-electron chi connectivity index (χ4n) is 1.37. The molecule has 2 rings (SSSR count). The Bertz CT molecular complexity index is 690. The number of benzene rings is 1. The highest BCUT2D eigenvalue weighted by Gasteiger charge is 2.05. The van der Waals surface area contributed by atoms with Crippen molar-refractivity contribution < 1.29 is 13.0 Å². The van der Waals surface area contributed by atoms with Crippen LogP contribution in [0.3, 0.4) is 0 Å². The van der Waals surface area contributed by atoms with Crippen LogP contribution < -0.4 is 5.56 Å². The smallest absolute Gasteiger partial charge is 0.258 e. The molecule has 0 radical (unpaired) electrons. The number of hydrogen-bond donors (Lipinski definition) is 1. The molecule has 1 heterocycles. The van der Waals surface area contributed by atoms with E-state index in [0.29, 0.717) is 10.9 Å². The molecule has 1 aromatic heterocycles. The van der Waals surface area contributed by atoms with Crippen molar-refractivity contribution in [2.75, 3.05) is 0 Å². The Labute approximate surface area is 90.7 Å². The summed E-state index contributed by atoms with van der Waals surface area (Å²) < 4.78 is 31.6. The molecule has 0 bridgehead atoms. The van der Waals surface area contributed by atoms with E-state index in [-0.39, 0.29) is 5.82 Å². The van der Waals surface area contributed by atoms with Gasteiger partial charge in [-0.2, -0.15) is 0 Å². The van der Waals surface area contributed by atoms with Gasteiger partial charge in [0, 0.05) is 0 Å². The van der Waals surface area contributed by atoms with E-state index in [1.165, 1.54) is 0 Å². The van der Waals surface area contributed by atoms with Crippen LogP contribution >= 0.6 is 0 Å². The van der Waals surface area contributed by atoms with Crippen molar-refractivity contribution in [3.63, 3.8) is 0 Å². The molecule has 0 saturated carbocycles. The molecular formula is C9H7N2O4S-. The molecule has 0 fully saturated rings. The highest BCUT2D eigenvalue weighted by atomic mass is 32.2. The maximum absolute atomic E-state index is 11.5. The molecule has 0 aliphatic carbocycles. The molecule has 0 aliphatic rings. The van der Waals surface area contributed by atoms with E-state index in [2.05, 4.69) is 9.97 Å². The van der Waals surface area contributed by atoms with E-state index in [1.807, 2.05) is 0 Å². The third-order valence-corrected chi connectivity index (χ3v) is 2.60. The number of nitrogens with zero attached hydrogens (tertiary/aromatic N) is 1. The largest absolute Gasteiger partial charge is 0.748 e. The maximum Gasteiger partial charge on any atom is 0.258 e. The van der Waals surface area contributed by atoms with Gasteiger partial charge in [0.05, 0.1) is 16.7 Å². The Balaban J connectivity index is 2.63. The minimum atomic E-state index is -4.45. The zero-order chi connectivity index (χ0) is 11.8. The van der Waals surface area contributed by atoms with Gasteiger partial charge in [-0.05, 0) is 12.1 Å². The van der Waals surface area contributed by atoms with Crippen molar-refractivity contribution >= 4 is 21.0 Å². The standard InChI is InChI=1S/C9H8N2O4S/c12-9-6-3-1-2-4-7(6)10-8(11-9)5-16(13,14)15/h1-4H,5H2,(H,10,11,12)(H,13,14,15)/p-1. The van der Waals surface area contributed by atoms with Crippen LogP contribution in [0, 0.1) is 0 Å².